The third-order valence-corrected chi connectivity index (χ3v) is 9.94. The first-order valence-electron chi connectivity index (χ1n) is 13.5. The summed E-state index contributed by atoms with van der Waals surface area (Å²) >= 11 is 0. The number of hydrogen-bond donors (Lipinski definition) is 3. The van der Waals surface area contributed by atoms with Gasteiger partial charge in [0.25, 0.3) is 11.8 Å². The van der Waals surface area contributed by atoms with Crippen LogP contribution in [0.15, 0.2) is 22.5 Å². The summed E-state index contributed by atoms with van der Waals surface area (Å²) in [5.74, 6) is 5.15. The van der Waals surface area contributed by atoms with Crippen LogP contribution in [0.5, 0.6) is 0 Å². The molecule has 9 nitrogen and oxygen atoms in total. The number of amidine groups is 1. The predicted molar refractivity (Wildman–Crippen MR) is 145 cm³/mol. The molecule has 0 aromatic heterocycles. The van der Waals surface area contributed by atoms with Crippen LogP contribution in [0, 0.1) is 25.7 Å². The third kappa shape index (κ3) is 6.74. The number of benzene rings is 1. The van der Waals surface area contributed by atoms with Crippen molar-refractivity contribution in [2.75, 3.05) is 13.1 Å². The molecule has 1 saturated carbocycles. The molecule has 0 unspecified atom stereocenters. The van der Waals surface area contributed by atoms with Gasteiger partial charge < -0.3 is 5.32 Å². The van der Waals surface area contributed by atoms with E-state index in [4.69, 9.17) is 10.8 Å². The maximum atomic E-state index is 13.1. The van der Waals surface area contributed by atoms with Crippen molar-refractivity contribution in [1.29, 1.82) is 0 Å². The summed E-state index contributed by atoms with van der Waals surface area (Å²) in [6, 6.07) is 3.27. The molecule has 4 rings (SSSR count). The van der Waals surface area contributed by atoms with E-state index in [1.165, 1.54) is 10.4 Å². The van der Waals surface area contributed by atoms with Gasteiger partial charge in [0, 0.05) is 36.4 Å². The number of nitrogens with one attached hydrogen (secondary N) is 2. The van der Waals surface area contributed by atoms with Crippen LogP contribution in [0.3, 0.4) is 0 Å². The second-order valence-electron chi connectivity index (χ2n) is 11.1. The van der Waals surface area contributed by atoms with Crippen LogP contribution in [0.25, 0.3) is 6.08 Å². The number of carbonyl (C=O) groups excluding carboxylic acids is 2. The molecule has 1 saturated heterocycles. The molecular weight excluding hydrogens is 547 g/mol. The number of aryl methyl sites for hydroxylation is 2. The van der Waals surface area contributed by atoms with Gasteiger partial charge in [0.2, 0.25) is 10.0 Å². The van der Waals surface area contributed by atoms with Crippen molar-refractivity contribution in [3.8, 4) is 0 Å². The van der Waals surface area contributed by atoms with E-state index in [0.29, 0.717) is 42.6 Å². The number of nitrogens with zero attached hydrogens (tertiary/aromatic N) is 2. The highest BCUT2D eigenvalue weighted by Gasteiger charge is 2.48. The molecule has 1 aromatic rings. The number of hydrazine groups is 1. The van der Waals surface area contributed by atoms with E-state index in [2.05, 4.69) is 10.7 Å². The Morgan fingerprint density at radius 2 is 1.77 bits per heavy atom. The maximum Gasteiger partial charge on any atom is 0.389 e. The molecule has 0 bridgehead atoms. The highest BCUT2D eigenvalue weighted by atomic mass is 32.2. The van der Waals surface area contributed by atoms with Crippen molar-refractivity contribution in [3.05, 3.63) is 39.8 Å². The zero-order chi connectivity index (χ0) is 29.3. The molecule has 2 fully saturated rings. The van der Waals surface area contributed by atoms with Gasteiger partial charge in [-0.15, -0.1) is 0 Å². The minimum absolute atomic E-state index is 0.00366. The van der Waals surface area contributed by atoms with Crippen molar-refractivity contribution in [3.63, 3.8) is 0 Å². The fourth-order valence-electron chi connectivity index (χ4n) is 5.97. The van der Waals surface area contributed by atoms with Gasteiger partial charge in [0.1, 0.15) is 11.4 Å². The van der Waals surface area contributed by atoms with Crippen molar-refractivity contribution in [1.82, 2.24) is 15.0 Å². The fraction of sp³-hybridized carbons (Fsp3) is 0.593. The number of aliphatic imine (C=N–C) groups is 1. The van der Waals surface area contributed by atoms with Gasteiger partial charge in [-0.2, -0.15) is 17.5 Å². The summed E-state index contributed by atoms with van der Waals surface area (Å²) in [4.78, 5) is 29.5. The highest BCUT2D eigenvalue weighted by Crippen LogP contribution is 2.38. The molecule has 4 N–H and O–H groups in total. The average Bonchev–Trinajstić information content (AvgIpc) is 3.21. The average molecular weight is 584 g/mol. The number of nitrogens with two attached hydrogens (primary N) is 1. The fourth-order valence-corrected chi connectivity index (χ4v) is 7.14. The second-order valence-corrected chi connectivity index (χ2v) is 12.9. The highest BCUT2D eigenvalue weighted by molar-refractivity contribution is 7.92. The molecule has 0 radical (unpaired) electrons. The topological polar surface area (TPSA) is 134 Å². The molecule has 1 aromatic carbocycles. The molecule has 220 valence electrons. The van der Waals surface area contributed by atoms with Crippen LogP contribution >= 0.6 is 0 Å². The van der Waals surface area contributed by atoms with Gasteiger partial charge in [-0.1, -0.05) is 0 Å². The van der Waals surface area contributed by atoms with Crippen molar-refractivity contribution in [2.45, 2.75) is 76.9 Å². The van der Waals surface area contributed by atoms with E-state index in [9.17, 15) is 31.2 Å². The van der Waals surface area contributed by atoms with Crippen molar-refractivity contribution in [2.24, 2.45) is 22.7 Å². The summed E-state index contributed by atoms with van der Waals surface area (Å²) in [5.41, 5.74) is 3.58. The number of piperidine rings is 1. The van der Waals surface area contributed by atoms with Gasteiger partial charge in [0.15, 0.2) is 0 Å². The minimum Gasteiger partial charge on any atom is -0.312 e. The number of amides is 2. The van der Waals surface area contributed by atoms with Crippen molar-refractivity contribution >= 4 is 33.7 Å². The van der Waals surface area contributed by atoms with E-state index in [0.717, 1.165) is 16.5 Å². The SMILES string of the molecule is Cc1cc(C(=O)NN)cc(C)c1/C=C/S(=O)(=O)N1CCC2(CC1)N=C(C1CCC(CCC(F)(F)F)CC1)NC2=O. The van der Waals surface area contributed by atoms with Gasteiger partial charge in [-0.05, 0) is 99.6 Å². The molecule has 1 spiro atoms. The zero-order valence-electron chi connectivity index (χ0n) is 22.7. The number of sulfonamides is 1. The maximum absolute atomic E-state index is 13.1. The molecule has 2 heterocycles. The molecule has 2 aliphatic heterocycles. The largest absolute Gasteiger partial charge is 0.389 e. The number of hydrogen-bond acceptors (Lipinski definition) is 6. The lowest BCUT2D eigenvalue weighted by Crippen LogP contribution is -2.50. The van der Waals surface area contributed by atoms with Crippen LogP contribution in [0.1, 0.15) is 78.4 Å². The van der Waals surface area contributed by atoms with Crippen LogP contribution in [-0.4, -0.2) is 55.2 Å². The Bertz CT molecular complexity index is 1290. The Kier molecular flexibility index (Phi) is 8.77. The molecule has 40 heavy (non-hydrogen) atoms. The molecule has 13 heteroatoms. The Hall–Kier alpha value is -2.77. The molecular formula is C27H36F3N5O4S. The summed E-state index contributed by atoms with van der Waals surface area (Å²) in [7, 11) is -3.77. The monoisotopic (exact) mass is 583 g/mol. The Morgan fingerprint density at radius 3 is 2.33 bits per heavy atom. The number of carbonyl (C=O) groups is 2. The second kappa shape index (κ2) is 11.6. The van der Waals surface area contributed by atoms with E-state index < -0.39 is 34.1 Å². The number of alkyl halides is 3. The summed E-state index contributed by atoms with van der Waals surface area (Å²) in [6.07, 6.45) is -0.0688. The van der Waals surface area contributed by atoms with Crippen LogP contribution in [0.4, 0.5) is 13.2 Å². The Balaban J connectivity index is 1.37. The lowest BCUT2D eigenvalue weighted by atomic mass is 9.79. The van der Waals surface area contributed by atoms with Crippen LogP contribution < -0.4 is 16.6 Å². The summed E-state index contributed by atoms with van der Waals surface area (Å²) < 4.78 is 65.2. The number of halogens is 3. The van der Waals surface area contributed by atoms with Gasteiger partial charge in [-0.3, -0.25) is 20.0 Å². The van der Waals surface area contributed by atoms with Crippen LogP contribution in [-0.2, 0) is 14.8 Å². The van der Waals surface area contributed by atoms with E-state index in [1.54, 1.807) is 26.0 Å². The molecule has 2 amide bonds. The summed E-state index contributed by atoms with van der Waals surface area (Å²) in [6.45, 7) is 3.82. The Labute approximate surface area is 232 Å². The molecule has 3 aliphatic rings. The smallest absolute Gasteiger partial charge is 0.312 e. The lowest BCUT2D eigenvalue weighted by Gasteiger charge is -2.34. The van der Waals surface area contributed by atoms with Gasteiger partial charge in [0.05, 0.1) is 0 Å². The lowest BCUT2D eigenvalue weighted by molar-refractivity contribution is -0.138. The quantitative estimate of drug-likeness (QED) is 0.256. The normalized spacial score (nSPS) is 23.9. The first-order valence-corrected chi connectivity index (χ1v) is 15.0. The first kappa shape index (κ1) is 30.2. The van der Waals surface area contributed by atoms with E-state index >= 15 is 0 Å². The summed E-state index contributed by atoms with van der Waals surface area (Å²) in [5, 5.41) is 4.04. The Morgan fingerprint density at radius 1 is 1.18 bits per heavy atom. The molecule has 0 atom stereocenters. The number of rotatable bonds is 7. The number of nitrogen functional groups attached to an aromatic ring is 1. The van der Waals surface area contributed by atoms with Crippen molar-refractivity contribution < 1.29 is 31.2 Å². The molecule has 1 aliphatic carbocycles. The van der Waals surface area contributed by atoms with E-state index in [-0.39, 0.29) is 50.1 Å². The predicted octanol–water partition coefficient (Wildman–Crippen LogP) is 3.72. The standard InChI is InChI=1S/C27H36F3N5O4S/c1-17-15-21(24(36)34-31)16-18(2)22(17)8-14-40(38,39)35-12-10-26(11-13-35)25(37)32-23(33-26)20-5-3-19(4-6-20)7-9-27(28,29)30/h8,14-16,19-20H,3-7,9-13,31H2,1-2H3,(H,34,36)(H,32,33,37)/b14-8+. The zero-order valence-corrected chi connectivity index (χ0v) is 23.5. The van der Waals surface area contributed by atoms with Crippen LogP contribution in [0.2, 0.25) is 0 Å². The minimum atomic E-state index is -4.14. The third-order valence-electron chi connectivity index (χ3n) is 8.37. The van der Waals surface area contributed by atoms with Gasteiger partial charge >= 0.3 is 6.18 Å². The first-order chi connectivity index (χ1) is 18.7. The van der Waals surface area contributed by atoms with E-state index in [1.807, 2.05) is 0 Å². The van der Waals surface area contributed by atoms with Gasteiger partial charge in [-0.25, -0.2) is 14.3 Å².